The summed E-state index contributed by atoms with van der Waals surface area (Å²) >= 11 is 6.08. The summed E-state index contributed by atoms with van der Waals surface area (Å²) in [5.41, 5.74) is 4.10. The number of nitrogens with zero attached hydrogens (tertiary/aromatic N) is 1. The molecule has 3 aromatic carbocycles. The lowest BCUT2D eigenvalue weighted by Gasteiger charge is -2.37. The van der Waals surface area contributed by atoms with Crippen molar-refractivity contribution in [3.63, 3.8) is 0 Å². The average Bonchev–Trinajstić information content (AvgIpc) is 2.74. The van der Waals surface area contributed by atoms with Gasteiger partial charge in [0.15, 0.2) is 0 Å². The van der Waals surface area contributed by atoms with E-state index in [1.165, 1.54) is 5.56 Å². The number of rotatable bonds is 3. The first-order chi connectivity index (χ1) is 13.7. The summed E-state index contributed by atoms with van der Waals surface area (Å²) in [7, 11) is 1.60. The van der Waals surface area contributed by atoms with Crippen LogP contribution in [0.1, 0.15) is 22.7 Å². The van der Waals surface area contributed by atoms with E-state index < -0.39 is 0 Å². The Kier molecular flexibility index (Phi) is 5.22. The number of halogens is 1. The molecular weight excluding hydrogens is 372 g/mol. The molecule has 1 aliphatic heterocycles. The van der Waals surface area contributed by atoms with Gasteiger partial charge in [0.2, 0.25) is 0 Å². The largest absolute Gasteiger partial charge is 0.495 e. The molecule has 2 amide bonds. The van der Waals surface area contributed by atoms with Crippen LogP contribution in [0.2, 0.25) is 5.02 Å². The number of amides is 2. The Morgan fingerprint density at radius 2 is 1.75 bits per heavy atom. The van der Waals surface area contributed by atoms with E-state index >= 15 is 0 Å². The van der Waals surface area contributed by atoms with Crippen LogP contribution in [-0.2, 0) is 6.42 Å². The third kappa shape index (κ3) is 3.56. The number of carbonyl (C=O) groups excluding carboxylic acids is 1. The summed E-state index contributed by atoms with van der Waals surface area (Å²) in [5.74, 6) is 0.635. The Bertz CT molecular complexity index is 988. The minimum atomic E-state index is -0.170. The van der Waals surface area contributed by atoms with Gasteiger partial charge in [0.05, 0.1) is 18.8 Å². The minimum absolute atomic E-state index is 0.154. The molecule has 4 rings (SSSR count). The number of hydrogen-bond acceptors (Lipinski definition) is 2. The number of fused-ring (bicyclic) bond motifs is 1. The van der Waals surface area contributed by atoms with E-state index in [0.29, 0.717) is 23.0 Å². The van der Waals surface area contributed by atoms with Crippen LogP contribution in [-0.4, -0.2) is 24.6 Å². The Balaban J connectivity index is 1.70. The summed E-state index contributed by atoms with van der Waals surface area (Å²) in [6.45, 7) is 0.630. The number of benzene rings is 3. The first-order valence-electron chi connectivity index (χ1n) is 9.21. The SMILES string of the molecule is COc1ccccc1NC(=O)N1CCc2ccccc2C1c1ccc(Cl)cc1. The fourth-order valence-electron chi connectivity index (χ4n) is 3.72. The Hall–Kier alpha value is -2.98. The van der Waals surface area contributed by atoms with Gasteiger partial charge in [0, 0.05) is 11.6 Å². The number of ether oxygens (including phenoxy) is 1. The molecule has 0 spiro atoms. The third-order valence-corrected chi connectivity index (χ3v) is 5.33. The number of methoxy groups -OCH3 is 1. The normalized spacial score (nSPS) is 15.6. The molecule has 0 fully saturated rings. The highest BCUT2D eigenvalue weighted by molar-refractivity contribution is 6.30. The lowest BCUT2D eigenvalue weighted by molar-refractivity contribution is 0.194. The van der Waals surface area contributed by atoms with E-state index in [4.69, 9.17) is 16.3 Å². The number of para-hydroxylation sites is 2. The molecule has 142 valence electrons. The maximum absolute atomic E-state index is 13.2. The zero-order valence-electron chi connectivity index (χ0n) is 15.6. The molecule has 0 bridgehead atoms. The molecule has 0 aromatic heterocycles. The van der Waals surface area contributed by atoms with E-state index in [-0.39, 0.29) is 12.1 Å². The first kappa shape index (κ1) is 18.4. The number of hydrogen-bond donors (Lipinski definition) is 1. The summed E-state index contributed by atoms with van der Waals surface area (Å²) < 4.78 is 5.37. The van der Waals surface area contributed by atoms with E-state index in [9.17, 15) is 4.79 Å². The monoisotopic (exact) mass is 392 g/mol. The van der Waals surface area contributed by atoms with Crippen molar-refractivity contribution in [2.75, 3.05) is 19.0 Å². The van der Waals surface area contributed by atoms with Gasteiger partial charge in [-0.1, -0.05) is 60.1 Å². The van der Waals surface area contributed by atoms with Crippen molar-refractivity contribution in [1.82, 2.24) is 4.90 Å². The van der Waals surface area contributed by atoms with Crippen LogP contribution in [0.5, 0.6) is 5.75 Å². The van der Waals surface area contributed by atoms with Gasteiger partial charge in [0.25, 0.3) is 0 Å². The number of nitrogens with one attached hydrogen (secondary N) is 1. The van der Waals surface area contributed by atoms with Gasteiger partial charge in [-0.25, -0.2) is 4.79 Å². The average molecular weight is 393 g/mol. The van der Waals surface area contributed by atoms with Gasteiger partial charge in [0.1, 0.15) is 5.75 Å². The first-order valence-corrected chi connectivity index (χ1v) is 9.59. The van der Waals surface area contributed by atoms with Crippen LogP contribution >= 0.6 is 11.6 Å². The fraction of sp³-hybridized carbons (Fsp3) is 0.174. The quantitative estimate of drug-likeness (QED) is 0.636. The van der Waals surface area contributed by atoms with Gasteiger partial charge >= 0.3 is 6.03 Å². The van der Waals surface area contributed by atoms with Crippen LogP contribution < -0.4 is 10.1 Å². The Morgan fingerprint density at radius 1 is 1.04 bits per heavy atom. The standard InChI is InChI=1S/C23H21ClN2O2/c1-28-21-9-5-4-8-20(21)25-23(27)26-15-14-16-6-2-3-7-19(16)22(26)17-10-12-18(24)13-11-17/h2-13,22H,14-15H2,1H3,(H,25,27). The lowest BCUT2D eigenvalue weighted by Crippen LogP contribution is -2.43. The molecule has 1 unspecified atom stereocenters. The number of anilines is 1. The topological polar surface area (TPSA) is 41.6 Å². The molecule has 28 heavy (non-hydrogen) atoms. The van der Waals surface area contributed by atoms with Crippen molar-refractivity contribution in [2.45, 2.75) is 12.5 Å². The van der Waals surface area contributed by atoms with Crippen molar-refractivity contribution >= 4 is 23.3 Å². The van der Waals surface area contributed by atoms with E-state index in [1.54, 1.807) is 7.11 Å². The zero-order valence-corrected chi connectivity index (χ0v) is 16.3. The fourth-order valence-corrected chi connectivity index (χ4v) is 3.85. The van der Waals surface area contributed by atoms with Gasteiger partial charge < -0.3 is 15.0 Å². The maximum Gasteiger partial charge on any atom is 0.322 e. The molecule has 0 aliphatic carbocycles. The second kappa shape index (κ2) is 7.95. The highest BCUT2D eigenvalue weighted by atomic mass is 35.5. The van der Waals surface area contributed by atoms with Gasteiger partial charge in [-0.2, -0.15) is 0 Å². The molecule has 0 saturated heterocycles. The Morgan fingerprint density at radius 3 is 2.54 bits per heavy atom. The van der Waals surface area contributed by atoms with Crippen molar-refractivity contribution < 1.29 is 9.53 Å². The summed E-state index contributed by atoms with van der Waals surface area (Å²) in [6.07, 6.45) is 0.819. The van der Waals surface area contributed by atoms with E-state index in [2.05, 4.69) is 17.4 Å². The van der Waals surface area contributed by atoms with E-state index in [0.717, 1.165) is 17.5 Å². The molecule has 5 heteroatoms. The molecule has 0 radical (unpaired) electrons. The van der Waals surface area contributed by atoms with Gasteiger partial charge in [-0.05, 0) is 47.4 Å². The molecule has 1 N–H and O–H groups in total. The molecular formula is C23H21ClN2O2. The molecule has 1 heterocycles. The van der Waals surface area contributed by atoms with Crippen LogP contribution in [0.25, 0.3) is 0 Å². The smallest absolute Gasteiger partial charge is 0.322 e. The lowest BCUT2D eigenvalue weighted by atomic mass is 9.88. The van der Waals surface area contributed by atoms with Crippen LogP contribution in [0.4, 0.5) is 10.5 Å². The van der Waals surface area contributed by atoms with Gasteiger partial charge in [-0.15, -0.1) is 0 Å². The summed E-state index contributed by atoms with van der Waals surface area (Å²) in [5, 5.41) is 3.69. The molecule has 3 aromatic rings. The predicted octanol–water partition coefficient (Wildman–Crippen LogP) is 5.53. The second-order valence-corrected chi connectivity index (χ2v) is 7.16. The molecule has 0 saturated carbocycles. The summed E-state index contributed by atoms with van der Waals surface area (Å²) in [4.78, 5) is 15.1. The van der Waals surface area contributed by atoms with Crippen LogP contribution in [0, 0.1) is 0 Å². The summed E-state index contributed by atoms with van der Waals surface area (Å²) in [6, 6.07) is 23.1. The van der Waals surface area contributed by atoms with Crippen molar-refractivity contribution in [2.24, 2.45) is 0 Å². The third-order valence-electron chi connectivity index (χ3n) is 5.08. The van der Waals surface area contributed by atoms with Crippen molar-refractivity contribution in [3.05, 3.63) is 94.5 Å². The van der Waals surface area contributed by atoms with Crippen molar-refractivity contribution in [3.8, 4) is 5.75 Å². The van der Waals surface area contributed by atoms with Gasteiger partial charge in [-0.3, -0.25) is 0 Å². The van der Waals surface area contributed by atoms with E-state index in [1.807, 2.05) is 65.6 Å². The maximum atomic E-state index is 13.2. The predicted molar refractivity (Wildman–Crippen MR) is 112 cm³/mol. The van der Waals surface area contributed by atoms with Crippen molar-refractivity contribution in [1.29, 1.82) is 0 Å². The highest BCUT2D eigenvalue weighted by Crippen LogP contribution is 2.36. The zero-order chi connectivity index (χ0) is 19.5. The van der Waals surface area contributed by atoms with Crippen LogP contribution in [0.3, 0.4) is 0 Å². The van der Waals surface area contributed by atoms with Crippen LogP contribution in [0.15, 0.2) is 72.8 Å². The Labute approximate surface area is 169 Å². The molecule has 4 nitrogen and oxygen atoms in total. The minimum Gasteiger partial charge on any atom is -0.495 e. The molecule has 1 atom stereocenters. The molecule has 1 aliphatic rings. The highest BCUT2D eigenvalue weighted by Gasteiger charge is 2.32. The number of urea groups is 1. The second-order valence-electron chi connectivity index (χ2n) is 6.73. The number of carbonyl (C=O) groups is 1.